The zero-order valence-electron chi connectivity index (χ0n) is 15.8. The quantitative estimate of drug-likeness (QED) is 0.538. The molecule has 150 valence electrons. The van der Waals surface area contributed by atoms with Gasteiger partial charge in [0, 0.05) is 17.3 Å². The molecule has 0 saturated heterocycles. The molecule has 0 radical (unpaired) electrons. The molecule has 2 amide bonds. The van der Waals surface area contributed by atoms with Crippen molar-refractivity contribution >= 4 is 28.5 Å². The van der Waals surface area contributed by atoms with Crippen LogP contribution >= 0.6 is 0 Å². The summed E-state index contributed by atoms with van der Waals surface area (Å²) in [6.45, 7) is 1.85. The fourth-order valence-electron chi connectivity index (χ4n) is 3.27. The number of anilines is 1. The van der Waals surface area contributed by atoms with Gasteiger partial charge in [-0.25, -0.2) is 13.8 Å². The summed E-state index contributed by atoms with van der Waals surface area (Å²) in [6.07, 6.45) is 0. The Kier molecular flexibility index (Phi) is 4.75. The van der Waals surface area contributed by atoms with Crippen LogP contribution in [0.2, 0.25) is 0 Å². The standard InChI is InChI=1S/C22H16F2N4O2/c1-12-26-19-9-13(7-8-20(19)28(12)14-5-3-2-4-6-14)22(30)27-18-10-15(21(25)29)16(23)11-17(18)24/h2-11H,1H3,(H2,25,29)(H,27,30). The van der Waals surface area contributed by atoms with Crippen LogP contribution in [0, 0.1) is 18.6 Å². The number of primary amides is 1. The number of benzene rings is 3. The number of hydrogen-bond acceptors (Lipinski definition) is 3. The molecule has 30 heavy (non-hydrogen) atoms. The van der Waals surface area contributed by atoms with Gasteiger partial charge < -0.3 is 11.1 Å². The van der Waals surface area contributed by atoms with Gasteiger partial charge in [-0.2, -0.15) is 0 Å². The van der Waals surface area contributed by atoms with E-state index >= 15 is 0 Å². The van der Waals surface area contributed by atoms with Gasteiger partial charge in [-0.3, -0.25) is 14.2 Å². The molecule has 4 aromatic rings. The Bertz CT molecular complexity index is 1300. The van der Waals surface area contributed by atoms with E-state index in [1.165, 1.54) is 0 Å². The van der Waals surface area contributed by atoms with Crippen molar-refractivity contribution in [2.24, 2.45) is 5.73 Å². The summed E-state index contributed by atoms with van der Waals surface area (Å²) in [5.74, 6) is -3.07. The van der Waals surface area contributed by atoms with E-state index < -0.39 is 29.0 Å². The van der Waals surface area contributed by atoms with Crippen LogP contribution in [-0.4, -0.2) is 21.4 Å². The summed E-state index contributed by atoms with van der Waals surface area (Å²) < 4.78 is 29.6. The third kappa shape index (κ3) is 3.39. The molecule has 1 aromatic heterocycles. The van der Waals surface area contributed by atoms with E-state index in [2.05, 4.69) is 10.3 Å². The number of aryl methyl sites for hydroxylation is 1. The minimum absolute atomic E-state index is 0.226. The second-order valence-corrected chi connectivity index (χ2v) is 6.66. The van der Waals surface area contributed by atoms with Gasteiger partial charge in [0.15, 0.2) is 0 Å². The van der Waals surface area contributed by atoms with Gasteiger partial charge in [-0.15, -0.1) is 0 Å². The number of nitrogens with two attached hydrogens (primary N) is 1. The molecule has 0 aliphatic carbocycles. The third-order valence-electron chi connectivity index (χ3n) is 4.67. The van der Waals surface area contributed by atoms with Gasteiger partial charge in [0.05, 0.1) is 22.3 Å². The second-order valence-electron chi connectivity index (χ2n) is 6.66. The number of rotatable bonds is 4. The van der Waals surface area contributed by atoms with E-state index in [0.29, 0.717) is 11.6 Å². The van der Waals surface area contributed by atoms with Crippen LogP contribution in [0.4, 0.5) is 14.5 Å². The summed E-state index contributed by atoms with van der Waals surface area (Å²) in [5.41, 5.74) is 6.77. The Balaban J connectivity index is 1.69. The highest BCUT2D eigenvalue weighted by atomic mass is 19.1. The molecule has 6 nitrogen and oxygen atoms in total. The summed E-state index contributed by atoms with van der Waals surface area (Å²) in [6, 6.07) is 15.9. The highest BCUT2D eigenvalue weighted by Crippen LogP contribution is 2.24. The SMILES string of the molecule is Cc1nc2cc(C(=O)Nc3cc(C(N)=O)c(F)cc3F)ccc2n1-c1ccccc1. The molecule has 1 heterocycles. The molecule has 0 atom stereocenters. The van der Waals surface area contributed by atoms with Crippen molar-refractivity contribution in [3.63, 3.8) is 0 Å². The van der Waals surface area contributed by atoms with Crippen LogP contribution < -0.4 is 11.1 Å². The Morgan fingerprint density at radius 3 is 2.43 bits per heavy atom. The summed E-state index contributed by atoms with van der Waals surface area (Å²) in [7, 11) is 0. The van der Waals surface area contributed by atoms with Crippen molar-refractivity contribution in [1.82, 2.24) is 9.55 Å². The van der Waals surface area contributed by atoms with Crippen LogP contribution in [0.5, 0.6) is 0 Å². The van der Waals surface area contributed by atoms with Gasteiger partial charge >= 0.3 is 0 Å². The smallest absolute Gasteiger partial charge is 0.255 e. The van der Waals surface area contributed by atoms with E-state index in [1.54, 1.807) is 18.2 Å². The average molecular weight is 406 g/mol. The predicted octanol–water partition coefficient (Wildman–Crippen LogP) is 3.96. The van der Waals surface area contributed by atoms with Crippen LogP contribution in [-0.2, 0) is 0 Å². The molecule has 0 fully saturated rings. The van der Waals surface area contributed by atoms with E-state index in [-0.39, 0.29) is 11.3 Å². The van der Waals surface area contributed by atoms with Gasteiger partial charge in [0.2, 0.25) is 0 Å². The van der Waals surface area contributed by atoms with Crippen LogP contribution in [0.3, 0.4) is 0 Å². The third-order valence-corrected chi connectivity index (χ3v) is 4.67. The topological polar surface area (TPSA) is 90.0 Å². The Labute approximate surface area is 170 Å². The molecule has 0 saturated carbocycles. The maximum absolute atomic E-state index is 14.0. The minimum atomic E-state index is -1.10. The fraction of sp³-hybridized carbons (Fsp3) is 0.0455. The first-order chi connectivity index (χ1) is 14.3. The second kappa shape index (κ2) is 7.40. The van der Waals surface area contributed by atoms with Crippen molar-refractivity contribution in [2.75, 3.05) is 5.32 Å². The van der Waals surface area contributed by atoms with E-state index in [0.717, 1.165) is 23.1 Å². The lowest BCUT2D eigenvalue weighted by molar-refractivity contribution is 0.0992. The molecule has 0 aliphatic rings. The monoisotopic (exact) mass is 406 g/mol. The molecule has 3 aromatic carbocycles. The fourth-order valence-corrected chi connectivity index (χ4v) is 3.27. The van der Waals surface area contributed by atoms with Gasteiger partial charge in [0.25, 0.3) is 11.8 Å². The first-order valence-electron chi connectivity index (χ1n) is 9.00. The number of halogens is 2. The summed E-state index contributed by atoms with van der Waals surface area (Å²) in [5, 5.41) is 2.34. The number of nitrogens with zero attached hydrogens (tertiary/aromatic N) is 2. The van der Waals surface area contributed by atoms with Gasteiger partial charge in [-0.1, -0.05) is 18.2 Å². The number of imidazole rings is 1. The van der Waals surface area contributed by atoms with E-state index in [9.17, 15) is 18.4 Å². The predicted molar refractivity (Wildman–Crippen MR) is 109 cm³/mol. The Morgan fingerprint density at radius 1 is 1.00 bits per heavy atom. The summed E-state index contributed by atoms with van der Waals surface area (Å²) >= 11 is 0. The zero-order chi connectivity index (χ0) is 21.4. The first-order valence-corrected chi connectivity index (χ1v) is 9.00. The van der Waals surface area contributed by atoms with Crippen LogP contribution in [0.15, 0.2) is 60.7 Å². The molecule has 4 rings (SSSR count). The van der Waals surface area contributed by atoms with Crippen molar-refractivity contribution in [3.05, 3.63) is 89.2 Å². The average Bonchev–Trinajstić information content (AvgIpc) is 3.05. The van der Waals surface area contributed by atoms with E-state index in [4.69, 9.17) is 5.73 Å². The molecule has 3 N–H and O–H groups in total. The van der Waals surface area contributed by atoms with Gasteiger partial charge in [0.1, 0.15) is 17.5 Å². The lowest BCUT2D eigenvalue weighted by atomic mass is 10.1. The highest BCUT2D eigenvalue weighted by Gasteiger charge is 2.17. The molecular weight excluding hydrogens is 390 g/mol. The van der Waals surface area contributed by atoms with Crippen LogP contribution in [0.1, 0.15) is 26.5 Å². The van der Waals surface area contributed by atoms with Crippen molar-refractivity contribution in [3.8, 4) is 5.69 Å². The van der Waals surface area contributed by atoms with E-state index in [1.807, 2.05) is 41.8 Å². The van der Waals surface area contributed by atoms with Gasteiger partial charge in [-0.05, 0) is 43.3 Å². The normalized spacial score (nSPS) is 10.9. The number of nitrogens with one attached hydrogen (secondary N) is 1. The number of carbonyl (C=O) groups excluding carboxylic acids is 2. The number of amides is 2. The number of carbonyl (C=O) groups is 2. The maximum Gasteiger partial charge on any atom is 0.255 e. The molecule has 0 spiro atoms. The molecule has 8 heteroatoms. The molecule has 0 aliphatic heterocycles. The zero-order valence-corrected chi connectivity index (χ0v) is 15.8. The number of hydrogen-bond donors (Lipinski definition) is 2. The molecule has 0 unspecified atom stereocenters. The lowest BCUT2D eigenvalue weighted by Crippen LogP contribution is -2.17. The van der Waals surface area contributed by atoms with Crippen molar-refractivity contribution in [1.29, 1.82) is 0 Å². The number of aromatic nitrogens is 2. The summed E-state index contributed by atoms with van der Waals surface area (Å²) in [4.78, 5) is 28.4. The maximum atomic E-state index is 14.0. The first kappa shape index (κ1) is 19.3. The molecule has 0 bridgehead atoms. The molecular formula is C22H16F2N4O2. The minimum Gasteiger partial charge on any atom is -0.366 e. The largest absolute Gasteiger partial charge is 0.366 e. The number of para-hydroxylation sites is 1. The number of fused-ring (bicyclic) bond motifs is 1. The highest BCUT2D eigenvalue weighted by molar-refractivity contribution is 6.06. The lowest BCUT2D eigenvalue weighted by Gasteiger charge is -2.09. The van der Waals surface area contributed by atoms with Crippen molar-refractivity contribution in [2.45, 2.75) is 6.92 Å². The van der Waals surface area contributed by atoms with Crippen LogP contribution in [0.25, 0.3) is 16.7 Å². The van der Waals surface area contributed by atoms with Crippen molar-refractivity contribution < 1.29 is 18.4 Å². The Hall–Kier alpha value is -4.07. The Morgan fingerprint density at radius 2 is 1.73 bits per heavy atom.